The molecule has 34 heavy (non-hydrogen) atoms. The van der Waals surface area contributed by atoms with E-state index < -0.39 is 5.97 Å². The molecule has 0 aliphatic heterocycles. The molecule has 2 aromatic carbocycles. The van der Waals surface area contributed by atoms with Crippen LogP contribution in [-0.4, -0.2) is 39.1 Å². The maximum absolute atomic E-state index is 12.6. The Bertz CT molecular complexity index is 1140. The van der Waals surface area contributed by atoms with E-state index in [2.05, 4.69) is 15.5 Å². The van der Waals surface area contributed by atoms with E-state index >= 15 is 0 Å². The zero-order valence-electron chi connectivity index (χ0n) is 18.5. The van der Waals surface area contributed by atoms with Gasteiger partial charge in [-0.1, -0.05) is 41.7 Å². The van der Waals surface area contributed by atoms with Gasteiger partial charge in [0.05, 0.1) is 12.0 Å². The third kappa shape index (κ3) is 6.26. The molecule has 0 radical (unpaired) electrons. The molecule has 0 atom stereocenters. The third-order valence-corrected chi connectivity index (χ3v) is 6.69. The number of hydrogen-bond donors (Lipinski definition) is 2. The summed E-state index contributed by atoms with van der Waals surface area (Å²) in [5, 5.41) is 21.0. The summed E-state index contributed by atoms with van der Waals surface area (Å²) in [4.78, 5) is 35.9. The molecular formula is C25H25N3O5S. The summed E-state index contributed by atoms with van der Waals surface area (Å²) in [6.45, 7) is 0. The zero-order chi connectivity index (χ0) is 23.9. The Morgan fingerprint density at radius 2 is 1.65 bits per heavy atom. The van der Waals surface area contributed by atoms with Crippen molar-refractivity contribution >= 4 is 34.1 Å². The van der Waals surface area contributed by atoms with Gasteiger partial charge < -0.3 is 9.84 Å². The minimum absolute atomic E-state index is 0.0103. The van der Waals surface area contributed by atoms with Gasteiger partial charge in [0, 0.05) is 24.0 Å². The number of benzene rings is 2. The maximum Gasteiger partial charge on any atom is 0.306 e. The average molecular weight is 480 g/mol. The Balaban J connectivity index is 1.25. The van der Waals surface area contributed by atoms with E-state index in [1.165, 1.54) is 11.3 Å². The fourth-order valence-corrected chi connectivity index (χ4v) is 4.60. The number of carbonyl (C=O) groups is 3. The van der Waals surface area contributed by atoms with Gasteiger partial charge in [-0.2, -0.15) is 0 Å². The molecule has 3 aromatic rings. The van der Waals surface area contributed by atoms with Crippen molar-refractivity contribution in [2.24, 2.45) is 5.92 Å². The molecule has 1 aromatic heterocycles. The van der Waals surface area contributed by atoms with Crippen LogP contribution in [0.15, 0.2) is 54.6 Å². The van der Waals surface area contributed by atoms with Crippen LogP contribution in [0.5, 0.6) is 5.75 Å². The monoisotopic (exact) mass is 479 g/mol. The van der Waals surface area contributed by atoms with E-state index in [0.29, 0.717) is 65.5 Å². The summed E-state index contributed by atoms with van der Waals surface area (Å²) in [5.74, 6) is -0.639. The second kappa shape index (κ2) is 11.0. The highest BCUT2D eigenvalue weighted by Gasteiger charge is 2.27. The number of carbonyl (C=O) groups excluding carboxylic acids is 2. The average Bonchev–Trinajstić information content (AvgIpc) is 3.31. The first-order valence-electron chi connectivity index (χ1n) is 11.2. The molecule has 4 rings (SSSR count). The van der Waals surface area contributed by atoms with Gasteiger partial charge in [0.25, 0.3) is 5.91 Å². The van der Waals surface area contributed by atoms with E-state index in [0.717, 1.165) is 0 Å². The lowest BCUT2D eigenvalue weighted by atomic mass is 9.87. The SMILES string of the molecule is O=C(CCc1nnc(NC(=O)c2ccc(O[C@H]3CC[C@@H](C(=O)O)CC3)cc2)s1)c1ccccc1. The molecule has 2 N–H and O–H groups in total. The van der Waals surface area contributed by atoms with Crippen molar-refractivity contribution in [1.82, 2.24) is 10.2 Å². The second-order valence-corrected chi connectivity index (χ2v) is 9.26. The number of carboxylic acids is 1. The summed E-state index contributed by atoms with van der Waals surface area (Å²) in [5.41, 5.74) is 1.12. The third-order valence-electron chi connectivity index (χ3n) is 5.79. The molecule has 176 valence electrons. The smallest absolute Gasteiger partial charge is 0.306 e. The highest BCUT2D eigenvalue weighted by atomic mass is 32.1. The Labute approximate surface area is 201 Å². The second-order valence-electron chi connectivity index (χ2n) is 8.20. The topological polar surface area (TPSA) is 118 Å². The number of aryl methyl sites for hydroxylation is 1. The van der Waals surface area contributed by atoms with E-state index in [-0.39, 0.29) is 23.7 Å². The predicted octanol–water partition coefficient (Wildman–Crippen LogP) is 4.63. The van der Waals surface area contributed by atoms with Gasteiger partial charge in [0.15, 0.2) is 5.78 Å². The first kappa shape index (κ1) is 23.6. The number of rotatable bonds is 9. The van der Waals surface area contributed by atoms with Gasteiger partial charge in [0.1, 0.15) is 10.8 Å². The molecule has 1 fully saturated rings. The largest absolute Gasteiger partial charge is 0.490 e. The molecule has 1 aliphatic carbocycles. The molecule has 9 heteroatoms. The van der Waals surface area contributed by atoms with Gasteiger partial charge in [-0.3, -0.25) is 19.7 Å². The summed E-state index contributed by atoms with van der Waals surface area (Å²) >= 11 is 1.25. The number of ether oxygens (including phenoxy) is 1. The van der Waals surface area contributed by atoms with Gasteiger partial charge >= 0.3 is 5.97 Å². The number of aromatic nitrogens is 2. The number of Topliss-reactive ketones (excluding diaryl/α,β-unsaturated/α-hetero) is 1. The number of amides is 1. The fraction of sp³-hybridized carbons (Fsp3) is 0.320. The molecule has 0 bridgehead atoms. The van der Waals surface area contributed by atoms with E-state index in [1.54, 1.807) is 36.4 Å². The number of aliphatic carboxylic acids is 1. The van der Waals surface area contributed by atoms with Crippen molar-refractivity contribution in [1.29, 1.82) is 0 Å². The maximum atomic E-state index is 12.6. The van der Waals surface area contributed by atoms with Crippen LogP contribution in [0.4, 0.5) is 5.13 Å². The molecule has 0 saturated heterocycles. The molecule has 8 nitrogen and oxygen atoms in total. The van der Waals surface area contributed by atoms with Gasteiger partial charge in [-0.05, 0) is 49.9 Å². The highest BCUT2D eigenvalue weighted by Crippen LogP contribution is 2.28. The molecule has 1 saturated carbocycles. The molecule has 1 heterocycles. The Morgan fingerprint density at radius 1 is 0.941 bits per heavy atom. The molecular weight excluding hydrogens is 454 g/mol. The quantitative estimate of drug-likeness (QED) is 0.430. The summed E-state index contributed by atoms with van der Waals surface area (Å²) in [6.07, 6.45) is 3.41. The molecule has 1 amide bonds. The van der Waals surface area contributed by atoms with Crippen molar-refractivity contribution in [2.45, 2.75) is 44.6 Å². The molecule has 0 spiro atoms. The standard InChI is InChI=1S/C25H25N3O5S/c29-21(16-4-2-1-3-5-16)14-15-22-27-28-25(34-22)26-23(30)17-6-10-19(11-7-17)33-20-12-8-18(9-13-20)24(31)32/h1-7,10-11,18,20H,8-9,12-15H2,(H,31,32)(H,26,28,30)/t18-,20+. The number of carboxylic acid groups (broad SMARTS) is 1. The van der Waals surface area contributed by atoms with E-state index in [9.17, 15) is 14.4 Å². The van der Waals surface area contributed by atoms with Crippen molar-refractivity contribution < 1.29 is 24.2 Å². The van der Waals surface area contributed by atoms with Crippen LogP contribution in [0.25, 0.3) is 0 Å². The fourth-order valence-electron chi connectivity index (χ4n) is 3.87. The van der Waals surface area contributed by atoms with Crippen LogP contribution in [0.1, 0.15) is 57.8 Å². The van der Waals surface area contributed by atoms with Crippen molar-refractivity contribution in [2.75, 3.05) is 5.32 Å². The number of nitrogens with zero attached hydrogens (tertiary/aromatic N) is 2. The number of anilines is 1. The van der Waals surface area contributed by atoms with Crippen LogP contribution in [0, 0.1) is 5.92 Å². The first-order valence-corrected chi connectivity index (χ1v) is 12.0. The van der Waals surface area contributed by atoms with Gasteiger partial charge in [-0.15, -0.1) is 10.2 Å². The summed E-state index contributed by atoms with van der Waals surface area (Å²) in [7, 11) is 0. The van der Waals surface area contributed by atoms with Crippen LogP contribution < -0.4 is 10.1 Å². The van der Waals surface area contributed by atoms with E-state index in [1.807, 2.05) is 18.2 Å². The predicted molar refractivity (Wildman–Crippen MR) is 127 cm³/mol. The van der Waals surface area contributed by atoms with Crippen LogP contribution in [-0.2, 0) is 11.2 Å². The minimum Gasteiger partial charge on any atom is -0.490 e. The Morgan fingerprint density at radius 3 is 2.32 bits per heavy atom. The van der Waals surface area contributed by atoms with Gasteiger partial charge in [0.2, 0.25) is 5.13 Å². The first-order chi connectivity index (χ1) is 16.5. The van der Waals surface area contributed by atoms with Crippen LogP contribution >= 0.6 is 11.3 Å². The Hall–Kier alpha value is -3.59. The van der Waals surface area contributed by atoms with Gasteiger partial charge in [-0.25, -0.2) is 0 Å². The minimum atomic E-state index is -0.739. The highest BCUT2D eigenvalue weighted by molar-refractivity contribution is 7.15. The lowest BCUT2D eigenvalue weighted by Crippen LogP contribution is -2.27. The van der Waals surface area contributed by atoms with Crippen LogP contribution in [0.3, 0.4) is 0 Å². The number of hydrogen-bond acceptors (Lipinski definition) is 7. The number of ketones is 1. The normalized spacial score (nSPS) is 17.6. The summed E-state index contributed by atoms with van der Waals surface area (Å²) in [6, 6.07) is 15.9. The van der Waals surface area contributed by atoms with Crippen LogP contribution in [0.2, 0.25) is 0 Å². The molecule has 1 aliphatic rings. The number of nitrogens with one attached hydrogen (secondary N) is 1. The van der Waals surface area contributed by atoms with Crippen molar-refractivity contribution in [3.05, 3.63) is 70.7 Å². The lowest BCUT2D eigenvalue weighted by molar-refractivity contribution is -0.143. The van der Waals surface area contributed by atoms with E-state index in [4.69, 9.17) is 9.84 Å². The van der Waals surface area contributed by atoms with Crippen molar-refractivity contribution in [3.63, 3.8) is 0 Å². The van der Waals surface area contributed by atoms with Crippen molar-refractivity contribution in [3.8, 4) is 5.75 Å². The summed E-state index contributed by atoms with van der Waals surface area (Å²) < 4.78 is 5.95. The lowest BCUT2D eigenvalue weighted by Gasteiger charge is -2.26. The molecule has 0 unspecified atom stereocenters. The Kier molecular flexibility index (Phi) is 7.64. The zero-order valence-corrected chi connectivity index (χ0v) is 19.3.